The molecule has 1 N–H and O–H groups in total. The maximum Gasteiger partial charge on any atom is 0.310 e. The number of likely N-dealkylation sites (tertiary alicyclic amines) is 1. The molecule has 1 fully saturated rings. The van der Waals surface area contributed by atoms with Crippen molar-refractivity contribution in [1.82, 2.24) is 10.2 Å². The van der Waals surface area contributed by atoms with E-state index in [0.29, 0.717) is 30.4 Å². The van der Waals surface area contributed by atoms with Crippen LogP contribution in [0.1, 0.15) is 30.1 Å². The largest absolute Gasteiger partial charge is 0.466 e. The summed E-state index contributed by atoms with van der Waals surface area (Å²) in [6.45, 7) is 4.14. The highest BCUT2D eigenvalue weighted by atomic mass is 35.5. The Morgan fingerprint density at radius 1 is 1.36 bits per heavy atom. The first-order valence-electron chi connectivity index (χ1n) is 7.53. The quantitative estimate of drug-likeness (QED) is 0.844. The second-order valence-electron chi connectivity index (χ2n) is 5.34. The Bertz CT molecular complexity index is 519. The van der Waals surface area contributed by atoms with E-state index in [2.05, 4.69) is 10.2 Å². The molecule has 1 saturated heterocycles. The fourth-order valence-electron chi connectivity index (χ4n) is 2.54. The Kier molecular flexibility index (Phi) is 6.21. The second kappa shape index (κ2) is 8.15. The Hall–Kier alpha value is -1.59. The zero-order chi connectivity index (χ0) is 15.9. The van der Waals surface area contributed by atoms with Gasteiger partial charge in [-0.2, -0.15) is 0 Å². The normalized spacial score (nSPS) is 18.7. The van der Waals surface area contributed by atoms with Crippen molar-refractivity contribution in [1.29, 1.82) is 0 Å². The number of ether oxygens (including phenoxy) is 1. The summed E-state index contributed by atoms with van der Waals surface area (Å²) in [5.74, 6) is -0.382. The molecule has 1 aliphatic heterocycles. The third-order valence-corrected chi connectivity index (χ3v) is 3.95. The van der Waals surface area contributed by atoms with Gasteiger partial charge in [0, 0.05) is 17.1 Å². The molecule has 0 unspecified atom stereocenters. The van der Waals surface area contributed by atoms with E-state index < -0.39 is 0 Å². The van der Waals surface area contributed by atoms with Crippen LogP contribution in [0.3, 0.4) is 0 Å². The fourth-order valence-corrected chi connectivity index (χ4v) is 2.66. The highest BCUT2D eigenvalue weighted by Crippen LogP contribution is 2.17. The number of amides is 1. The van der Waals surface area contributed by atoms with Gasteiger partial charge in [0.25, 0.3) is 5.91 Å². The molecule has 1 amide bonds. The van der Waals surface area contributed by atoms with E-state index in [1.807, 2.05) is 6.92 Å². The summed E-state index contributed by atoms with van der Waals surface area (Å²) in [6, 6.07) is 6.76. The first-order chi connectivity index (χ1) is 10.6. The Morgan fingerprint density at radius 3 is 2.77 bits per heavy atom. The van der Waals surface area contributed by atoms with Crippen LogP contribution in [0.15, 0.2) is 24.3 Å². The summed E-state index contributed by atoms with van der Waals surface area (Å²) in [5.41, 5.74) is 0.573. The molecule has 22 heavy (non-hydrogen) atoms. The summed E-state index contributed by atoms with van der Waals surface area (Å²) in [7, 11) is 0. The third kappa shape index (κ3) is 4.71. The van der Waals surface area contributed by atoms with Gasteiger partial charge < -0.3 is 10.1 Å². The van der Waals surface area contributed by atoms with E-state index in [1.54, 1.807) is 24.3 Å². The van der Waals surface area contributed by atoms with E-state index in [9.17, 15) is 9.59 Å². The molecule has 0 saturated carbocycles. The summed E-state index contributed by atoms with van der Waals surface area (Å²) in [6.07, 6.45) is 1.78. The standard InChI is InChI=1S/C16H21ClN2O3/c1-2-22-16(21)13-4-3-9-19(10-13)11-18-15(20)12-5-7-14(17)8-6-12/h5-8,13H,2-4,9-11H2,1H3,(H,18,20)/t13-/m1/s1. The topological polar surface area (TPSA) is 58.6 Å². The fraction of sp³-hybridized carbons (Fsp3) is 0.500. The number of halogens is 1. The highest BCUT2D eigenvalue weighted by Gasteiger charge is 2.26. The van der Waals surface area contributed by atoms with Crippen molar-refractivity contribution in [2.75, 3.05) is 26.4 Å². The molecule has 0 radical (unpaired) electrons. The first kappa shape index (κ1) is 16.8. The maximum absolute atomic E-state index is 12.0. The minimum atomic E-state index is -0.144. The molecule has 120 valence electrons. The van der Waals surface area contributed by atoms with Gasteiger partial charge in [-0.1, -0.05) is 11.6 Å². The van der Waals surface area contributed by atoms with E-state index in [-0.39, 0.29) is 17.8 Å². The lowest BCUT2D eigenvalue weighted by atomic mass is 9.98. The van der Waals surface area contributed by atoms with Gasteiger partial charge in [-0.25, -0.2) is 0 Å². The highest BCUT2D eigenvalue weighted by molar-refractivity contribution is 6.30. The molecule has 0 aromatic heterocycles. The number of piperidine rings is 1. The molecule has 1 aromatic rings. The molecule has 1 heterocycles. The lowest BCUT2D eigenvalue weighted by molar-refractivity contribution is -0.149. The minimum Gasteiger partial charge on any atom is -0.466 e. The average molecular weight is 325 g/mol. The van der Waals surface area contributed by atoms with E-state index in [4.69, 9.17) is 16.3 Å². The summed E-state index contributed by atoms with van der Waals surface area (Å²) < 4.78 is 5.07. The number of nitrogens with zero attached hydrogens (tertiary/aromatic N) is 1. The molecule has 0 aliphatic carbocycles. The molecule has 2 rings (SSSR count). The van der Waals surface area contributed by atoms with E-state index in [0.717, 1.165) is 19.4 Å². The Balaban J connectivity index is 1.82. The first-order valence-corrected chi connectivity index (χ1v) is 7.90. The molecule has 1 aliphatic rings. The second-order valence-corrected chi connectivity index (χ2v) is 5.78. The number of carbonyl (C=O) groups is 2. The Morgan fingerprint density at radius 2 is 2.09 bits per heavy atom. The van der Waals surface area contributed by atoms with Crippen LogP contribution in [-0.4, -0.2) is 43.1 Å². The molecular weight excluding hydrogens is 304 g/mol. The van der Waals surface area contributed by atoms with E-state index in [1.165, 1.54) is 0 Å². The molecule has 1 aromatic carbocycles. The van der Waals surface area contributed by atoms with Crippen LogP contribution in [0.25, 0.3) is 0 Å². The number of hydrogen-bond donors (Lipinski definition) is 1. The smallest absolute Gasteiger partial charge is 0.310 e. The predicted octanol–water partition coefficient (Wildman–Crippen LogP) is 2.30. The van der Waals surface area contributed by atoms with Crippen molar-refractivity contribution in [3.8, 4) is 0 Å². The lowest BCUT2D eigenvalue weighted by Gasteiger charge is -2.31. The van der Waals surface area contributed by atoms with Crippen LogP contribution in [0.5, 0.6) is 0 Å². The van der Waals surface area contributed by atoms with Crippen LogP contribution in [0.2, 0.25) is 5.02 Å². The maximum atomic E-state index is 12.0. The summed E-state index contributed by atoms with van der Waals surface area (Å²) in [5, 5.41) is 3.47. The van der Waals surface area contributed by atoms with Gasteiger partial charge in [0.05, 0.1) is 19.2 Å². The van der Waals surface area contributed by atoms with Gasteiger partial charge in [0.1, 0.15) is 0 Å². The minimum absolute atomic E-state index is 0.0962. The number of carbonyl (C=O) groups excluding carboxylic acids is 2. The zero-order valence-corrected chi connectivity index (χ0v) is 13.4. The Labute approximate surface area is 135 Å². The van der Waals surface area contributed by atoms with Crippen molar-refractivity contribution in [3.63, 3.8) is 0 Å². The summed E-state index contributed by atoms with van der Waals surface area (Å²) >= 11 is 5.80. The third-order valence-electron chi connectivity index (χ3n) is 3.70. The molecular formula is C16H21ClN2O3. The van der Waals surface area contributed by atoms with Crippen LogP contribution in [0, 0.1) is 5.92 Å². The van der Waals surface area contributed by atoms with Crippen molar-refractivity contribution in [2.45, 2.75) is 19.8 Å². The van der Waals surface area contributed by atoms with Crippen molar-refractivity contribution in [3.05, 3.63) is 34.9 Å². The van der Waals surface area contributed by atoms with Crippen LogP contribution in [-0.2, 0) is 9.53 Å². The number of esters is 1. The van der Waals surface area contributed by atoms with Crippen LogP contribution >= 0.6 is 11.6 Å². The van der Waals surface area contributed by atoms with Crippen LogP contribution < -0.4 is 5.32 Å². The van der Waals surface area contributed by atoms with Gasteiger partial charge in [0.15, 0.2) is 0 Å². The molecule has 6 heteroatoms. The molecule has 0 spiro atoms. The monoisotopic (exact) mass is 324 g/mol. The number of rotatable bonds is 5. The molecule has 0 bridgehead atoms. The van der Waals surface area contributed by atoms with Gasteiger partial charge in [-0.05, 0) is 50.6 Å². The van der Waals surface area contributed by atoms with Crippen molar-refractivity contribution < 1.29 is 14.3 Å². The SMILES string of the molecule is CCOC(=O)[C@@H]1CCCN(CNC(=O)c2ccc(Cl)cc2)C1. The molecule has 1 atom stereocenters. The number of hydrogen-bond acceptors (Lipinski definition) is 4. The van der Waals surface area contributed by atoms with Crippen molar-refractivity contribution >= 4 is 23.5 Å². The number of nitrogens with one attached hydrogen (secondary N) is 1. The van der Waals surface area contributed by atoms with Gasteiger partial charge in [0.2, 0.25) is 0 Å². The van der Waals surface area contributed by atoms with Gasteiger partial charge in [-0.15, -0.1) is 0 Å². The van der Waals surface area contributed by atoms with Crippen molar-refractivity contribution in [2.24, 2.45) is 5.92 Å². The van der Waals surface area contributed by atoms with Gasteiger partial charge >= 0.3 is 5.97 Å². The van der Waals surface area contributed by atoms with Gasteiger partial charge in [-0.3, -0.25) is 14.5 Å². The summed E-state index contributed by atoms with van der Waals surface area (Å²) in [4.78, 5) is 25.9. The average Bonchev–Trinajstić information content (AvgIpc) is 2.54. The lowest BCUT2D eigenvalue weighted by Crippen LogP contribution is -2.45. The van der Waals surface area contributed by atoms with E-state index >= 15 is 0 Å². The zero-order valence-electron chi connectivity index (χ0n) is 12.7. The van der Waals surface area contributed by atoms with Crippen LogP contribution in [0.4, 0.5) is 0 Å². The predicted molar refractivity (Wildman–Crippen MR) is 84.7 cm³/mol. The number of benzene rings is 1. The molecule has 5 nitrogen and oxygen atoms in total.